The number of rotatable bonds is 18. The Morgan fingerprint density at radius 2 is 1.49 bits per heavy atom. The second-order valence-electron chi connectivity index (χ2n) is 11.5. The van der Waals surface area contributed by atoms with Crippen molar-refractivity contribution in [3.05, 3.63) is 64.0 Å². The Hall–Kier alpha value is -3.10. The van der Waals surface area contributed by atoms with Gasteiger partial charge in [0, 0.05) is 28.5 Å². The van der Waals surface area contributed by atoms with Gasteiger partial charge in [-0.2, -0.15) is 0 Å². The van der Waals surface area contributed by atoms with Crippen molar-refractivity contribution in [2.75, 3.05) is 32.8 Å². The number of oxime groups is 1. The molecule has 1 saturated carbocycles. The lowest BCUT2D eigenvalue weighted by molar-refractivity contribution is 0.279. The third-order valence-electron chi connectivity index (χ3n) is 8.11. The number of nitrogens with zero attached hydrogens (tertiary/aromatic N) is 3. The maximum atomic E-state index is 8.76. The van der Waals surface area contributed by atoms with Crippen molar-refractivity contribution in [3.63, 3.8) is 0 Å². The van der Waals surface area contributed by atoms with Crippen LogP contribution in [0.2, 0.25) is 0 Å². The zero-order chi connectivity index (χ0) is 30.3. The minimum absolute atomic E-state index is 0.0922. The van der Waals surface area contributed by atoms with E-state index in [9.17, 15) is 0 Å². The highest BCUT2D eigenvalue weighted by Gasteiger charge is 2.22. The monoisotopic (exact) mass is 606 g/mol. The van der Waals surface area contributed by atoms with Gasteiger partial charge in [-0.3, -0.25) is 0 Å². The average Bonchev–Trinajstić information content (AvgIpc) is 3.48. The first-order chi connectivity index (χ1) is 21.1. The van der Waals surface area contributed by atoms with Crippen LogP contribution in [0.15, 0.2) is 53.7 Å². The highest BCUT2D eigenvalue weighted by Crippen LogP contribution is 2.39. The molecule has 43 heavy (non-hydrogen) atoms. The third kappa shape index (κ3) is 10.2. The first kappa shape index (κ1) is 32.8. The molecule has 1 fully saturated rings. The number of benzene rings is 2. The van der Waals surface area contributed by atoms with Crippen LogP contribution in [0.4, 0.5) is 0 Å². The Labute approximate surface area is 262 Å². The van der Waals surface area contributed by atoms with Crippen LogP contribution in [0.25, 0.3) is 11.3 Å². The molecule has 0 saturated heterocycles. The molecule has 0 bridgehead atoms. The summed E-state index contributed by atoms with van der Waals surface area (Å²) in [6.45, 7) is 9.32. The number of aromatic nitrogens is 1. The van der Waals surface area contributed by atoms with Crippen LogP contribution in [-0.2, 0) is 6.42 Å². The van der Waals surface area contributed by atoms with Crippen LogP contribution in [0.3, 0.4) is 0 Å². The quantitative estimate of drug-likeness (QED) is 0.0498. The van der Waals surface area contributed by atoms with Gasteiger partial charge in [0.15, 0.2) is 5.84 Å². The van der Waals surface area contributed by atoms with E-state index in [0.29, 0.717) is 24.7 Å². The molecule has 1 heterocycles. The first-order valence-electron chi connectivity index (χ1n) is 16.3. The number of ether oxygens (including phenoxy) is 2. The number of nitrogens with two attached hydrogens (primary N) is 1. The highest BCUT2D eigenvalue weighted by molar-refractivity contribution is 7.12. The summed E-state index contributed by atoms with van der Waals surface area (Å²) >= 11 is 1.97. The van der Waals surface area contributed by atoms with Crippen molar-refractivity contribution < 1.29 is 14.7 Å². The van der Waals surface area contributed by atoms with Gasteiger partial charge in [0.25, 0.3) is 0 Å². The van der Waals surface area contributed by atoms with Crippen LogP contribution in [-0.4, -0.2) is 53.8 Å². The predicted octanol–water partition coefficient (Wildman–Crippen LogP) is 8.24. The molecule has 0 atom stereocenters. The molecule has 4 rings (SSSR count). The lowest BCUT2D eigenvalue weighted by Crippen LogP contribution is -2.27. The molecule has 0 radical (unpaired) electrons. The molecule has 0 amide bonds. The summed E-state index contributed by atoms with van der Waals surface area (Å²) in [7, 11) is 0. The number of unbranched alkanes of at least 4 members (excludes halogenated alkanes) is 2. The molecular formula is C35H50N4O3S. The molecule has 3 N–H and O–H groups in total. The fraction of sp³-hybridized carbons (Fsp3) is 0.543. The Kier molecular flexibility index (Phi) is 13.6. The maximum absolute atomic E-state index is 8.76. The van der Waals surface area contributed by atoms with Gasteiger partial charge in [-0.15, -0.1) is 11.3 Å². The van der Waals surface area contributed by atoms with E-state index in [1.165, 1.54) is 79.2 Å². The minimum atomic E-state index is 0.0922. The van der Waals surface area contributed by atoms with Crippen molar-refractivity contribution in [1.29, 1.82) is 0 Å². The van der Waals surface area contributed by atoms with Crippen molar-refractivity contribution in [3.8, 4) is 22.8 Å². The molecular weight excluding hydrogens is 556 g/mol. The Bertz CT molecular complexity index is 1230. The lowest BCUT2D eigenvalue weighted by atomic mass is 9.90. The maximum Gasteiger partial charge on any atom is 0.170 e. The number of thiazole rings is 1. The summed E-state index contributed by atoms with van der Waals surface area (Å²) in [5.74, 6) is 2.41. The molecule has 1 aliphatic carbocycles. The van der Waals surface area contributed by atoms with Crippen LogP contribution in [0.1, 0.15) is 99.4 Å². The highest BCUT2D eigenvalue weighted by atomic mass is 32.1. The largest absolute Gasteiger partial charge is 0.494 e. The first-order valence-corrected chi connectivity index (χ1v) is 17.1. The molecule has 0 aliphatic heterocycles. The SMILES string of the molecule is CCCN(CCC)CCc1sc(C2CCCCC2)nc1-c1ccc(OCCCCCOc2ccc(C(N)=NO)cc2)cc1. The second-order valence-corrected chi connectivity index (χ2v) is 12.7. The Morgan fingerprint density at radius 3 is 2.07 bits per heavy atom. The average molecular weight is 607 g/mol. The smallest absolute Gasteiger partial charge is 0.170 e. The van der Waals surface area contributed by atoms with E-state index in [4.69, 9.17) is 25.4 Å². The summed E-state index contributed by atoms with van der Waals surface area (Å²) in [4.78, 5) is 9.32. The fourth-order valence-corrected chi connectivity index (χ4v) is 7.01. The zero-order valence-electron chi connectivity index (χ0n) is 26.1. The van der Waals surface area contributed by atoms with E-state index in [1.807, 2.05) is 23.5 Å². The summed E-state index contributed by atoms with van der Waals surface area (Å²) in [5.41, 5.74) is 8.65. The van der Waals surface area contributed by atoms with Gasteiger partial charge in [-0.1, -0.05) is 38.3 Å². The topological polar surface area (TPSA) is 93.2 Å². The van der Waals surface area contributed by atoms with E-state index >= 15 is 0 Å². The molecule has 0 spiro atoms. The van der Waals surface area contributed by atoms with E-state index in [-0.39, 0.29) is 5.84 Å². The molecule has 3 aromatic rings. The van der Waals surface area contributed by atoms with Crippen LogP contribution < -0.4 is 15.2 Å². The van der Waals surface area contributed by atoms with Gasteiger partial charge < -0.3 is 25.3 Å². The summed E-state index contributed by atoms with van der Waals surface area (Å²) in [6.07, 6.45) is 13.0. The summed E-state index contributed by atoms with van der Waals surface area (Å²) < 4.78 is 11.9. The van der Waals surface area contributed by atoms with Gasteiger partial charge in [-0.05, 0) is 113 Å². The predicted molar refractivity (Wildman–Crippen MR) is 178 cm³/mol. The fourth-order valence-electron chi connectivity index (χ4n) is 5.77. The van der Waals surface area contributed by atoms with Crippen molar-refractivity contribution in [1.82, 2.24) is 9.88 Å². The third-order valence-corrected chi connectivity index (χ3v) is 9.39. The summed E-state index contributed by atoms with van der Waals surface area (Å²) in [6, 6.07) is 15.8. The van der Waals surface area contributed by atoms with E-state index in [2.05, 4.69) is 48.2 Å². The standard InChI is InChI=1S/C35H50N4O3S/c1-3-22-39(23-4-2)24-21-32-33(37-35(43-32)29-11-7-5-8-12-29)27-13-17-30(18-14-27)41-25-9-6-10-26-42-31-19-15-28(16-20-31)34(36)38-40/h13-20,29,40H,3-12,21-26H2,1-2H3,(H2,36,38). The van der Waals surface area contributed by atoms with Gasteiger partial charge in [0.1, 0.15) is 11.5 Å². The molecule has 1 aromatic heterocycles. The van der Waals surface area contributed by atoms with Crippen molar-refractivity contribution in [2.24, 2.45) is 10.9 Å². The number of hydrogen-bond donors (Lipinski definition) is 2. The molecule has 1 aliphatic rings. The van der Waals surface area contributed by atoms with E-state index in [1.54, 1.807) is 12.1 Å². The molecule has 2 aromatic carbocycles. The molecule has 0 unspecified atom stereocenters. The lowest BCUT2D eigenvalue weighted by Gasteiger charge is -2.20. The van der Waals surface area contributed by atoms with Crippen molar-refractivity contribution >= 4 is 17.2 Å². The van der Waals surface area contributed by atoms with Crippen LogP contribution in [0, 0.1) is 0 Å². The summed E-state index contributed by atoms with van der Waals surface area (Å²) in [5, 5.41) is 13.1. The molecule has 7 nitrogen and oxygen atoms in total. The van der Waals surface area contributed by atoms with Gasteiger partial charge in [0.05, 0.1) is 23.9 Å². The zero-order valence-corrected chi connectivity index (χ0v) is 26.9. The van der Waals surface area contributed by atoms with E-state index in [0.717, 1.165) is 43.7 Å². The van der Waals surface area contributed by atoms with Crippen LogP contribution >= 0.6 is 11.3 Å². The van der Waals surface area contributed by atoms with E-state index < -0.39 is 0 Å². The Morgan fingerprint density at radius 1 is 0.884 bits per heavy atom. The van der Waals surface area contributed by atoms with Gasteiger partial charge in [-0.25, -0.2) is 4.98 Å². The normalized spacial score (nSPS) is 14.3. The van der Waals surface area contributed by atoms with Gasteiger partial charge >= 0.3 is 0 Å². The minimum Gasteiger partial charge on any atom is -0.494 e. The molecule has 8 heteroatoms. The number of amidine groups is 1. The second kappa shape index (κ2) is 17.9. The van der Waals surface area contributed by atoms with Gasteiger partial charge in [0.2, 0.25) is 0 Å². The Balaban J connectivity index is 1.26. The van der Waals surface area contributed by atoms with Crippen molar-refractivity contribution in [2.45, 2.75) is 90.4 Å². The van der Waals surface area contributed by atoms with Crippen LogP contribution in [0.5, 0.6) is 11.5 Å². The molecule has 234 valence electrons. The number of hydrogen-bond acceptors (Lipinski definition) is 7.